The number of halogens is 2. The van der Waals surface area contributed by atoms with Gasteiger partial charge in [0.15, 0.2) is 0 Å². The third-order valence-electron chi connectivity index (χ3n) is 1.18. The Morgan fingerprint density at radius 1 is 1.75 bits per heavy atom. The molecular formula is C6H4ClFN2O2. The molecule has 0 aromatic carbocycles. The highest BCUT2D eigenvalue weighted by molar-refractivity contribution is 6.30. The van der Waals surface area contributed by atoms with E-state index in [1.807, 2.05) is 0 Å². The number of hydrogen-bond acceptors (Lipinski definition) is 3. The van der Waals surface area contributed by atoms with E-state index in [1.165, 1.54) is 6.07 Å². The monoisotopic (exact) mass is 190 g/mol. The highest BCUT2D eigenvalue weighted by Crippen LogP contribution is 2.12. The summed E-state index contributed by atoms with van der Waals surface area (Å²) in [5, 5.41) is 10.2. The minimum absolute atomic E-state index is 0.104. The molecule has 64 valence electrons. The Hall–Kier alpha value is -1.23. The zero-order valence-corrected chi connectivity index (χ0v) is 6.58. The minimum Gasteiger partial charge on any atom is -0.264 e. The summed E-state index contributed by atoms with van der Waals surface area (Å²) in [5.74, 6) is -0.851. The summed E-state index contributed by atoms with van der Waals surface area (Å²) in [6, 6.07) is 1.19. The molecule has 1 rings (SSSR count). The van der Waals surface area contributed by atoms with Crippen molar-refractivity contribution in [1.82, 2.24) is 4.98 Å². The number of rotatable bonds is 2. The van der Waals surface area contributed by atoms with Crippen LogP contribution in [0.3, 0.4) is 0 Å². The Bertz CT molecular complexity index is 318. The molecule has 1 aromatic heterocycles. The molecule has 0 bridgehead atoms. The average molecular weight is 191 g/mol. The first kappa shape index (κ1) is 8.86. The van der Waals surface area contributed by atoms with Gasteiger partial charge in [0.25, 0.3) is 0 Å². The van der Waals surface area contributed by atoms with Crippen LogP contribution in [0.15, 0.2) is 12.3 Å². The highest BCUT2D eigenvalue weighted by Gasteiger charge is 2.09. The van der Waals surface area contributed by atoms with Crippen LogP contribution in [0.5, 0.6) is 0 Å². The second-order valence-corrected chi connectivity index (χ2v) is 2.53. The quantitative estimate of drug-likeness (QED) is 0.405. The Labute approximate surface area is 72.1 Å². The van der Waals surface area contributed by atoms with Crippen LogP contribution in [0, 0.1) is 16.1 Å². The molecule has 1 heterocycles. The summed E-state index contributed by atoms with van der Waals surface area (Å²) in [4.78, 5) is 12.6. The number of nitro groups is 1. The van der Waals surface area contributed by atoms with Crippen molar-refractivity contribution in [1.29, 1.82) is 0 Å². The lowest BCUT2D eigenvalue weighted by molar-refractivity contribution is -0.497. The maximum absolute atomic E-state index is 12.7. The SMILES string of the molecule is O=[N+]([O-])Cc1cc(Cl)cnc1F. The summed E-state index contributed by atoms with van der Waals surface area (Å²) in [6.45, 7) is -0.598. The van der Waals surface area contributed by atoms with Gasteiger partial charge in [-0.3, -0.25) is 10.1 Å². The van der Waals surface area contributed by atoms with Crippen molar-refractivity contribution in [2.24, 2.45) is 0 Å². The fourth-order valence-corrected chi connectivity index (χ4v) is 0.895. The number of pyridine rings is 1. The van der Waals surface area contributed by atoms with Crippen LogP contribution >= 0.6 is 11.6 Å². The van der Waals surface area contributed by atoms with E-state index < -0.39 is 17.4 Å². The number of aromatic nitrogens is 1. The van der Waals surface area contributed by atoms with Gasteiger partial charge in [-0.05, 0) is 6.07 Å². The molecule has 0 aliphatic carbocycles. The first-order valence-electron chi connectivity index (χ1n) is 3.01. The van der Waals surface area contributed by atoms with Crippen molar-refractivity contribution in [2.45, 2.75) is 6.54 Å². The van der Waals surface area contributed by atoms with Crippen molar-refractivity contribution in [2.75, 3.05) is 0 Å². The molecule has 0 unspecified atom stereocenters. The second-order valence-electron chi connectivity index (χ2n) is 2.09. The molecule has 6 heteroatoms. The summed E-state index contributed by atoms with van der Waals surface area (Å²) in [6.07, 6.45) is 1.10. The Morgan fingerprint density at radius 3 is 3.00 bits per heavy atom. The van der Waals surface area contributed by atoms with Crippen LogP contribution in [0.1, 0.15) is 5.56 Å². The lowest BCUT2D eigenvalue weighted by Gasteiger charge is -1.96. The van der Waals surface area contributed by atoms with Gasteiger partial charge < -0.3 is 0 Å². The normalized spacial score (nSPS) is 9.83. The van der Waals surface area contributed by atoms with Crippen LogP contribution < -0.4 is 0 Å². The zero-order valence-electron chi connectivity index (χ0n) is 5.83. The fraction of sp³-hybridized carbons (Fsp3) is 0.167. The van der Waals surface area contributed by atoms with Gasteiger partial charge in [0.1, 0.15) is 0 Å². The molecule has 1 aromatic rings. The molecule has 0 atom stereocenters. The van der Waals surface area contributed by atoms with E-state index in [-0.39, 0.29) is 10.6 Å². The van der Waals surface area contributed by atoms with Crippen molar-refractivity contribution in [3.05, 3.63) is 38.9 Å². The smallest absolute Gasteiger partial charge is 0.233 e. The molecule has 0 fully saturated rings. The first-order chi connectivity index (χ1) is 5.59. The van der Waals surface area contributed by atoms with Gasteiger partial charge in [0, 0.05) is 11.1 Å². The van der Waals surface area contributed by atoms with Gasteiger partial charge in [-0.25, -0.2) is 4.98 Å². The third-order valence-corrected chi connectivity index (χ3v) is 1.38. The number of nitrogens with zero attached hydrogens (tertiary/aromatic N) is 2. The minimum atomic E-state index is -0.851. The van der Waals surface area contributed by atoms with Crippen LogP contribution in [-0.4, -0.2) is 9.91 Å². The van der Waals surface area contributed by atoms with Crippen molar-refractivity contribution >= 4 is 11.6 Å². The maximum Gasteiger partial charge on any atom is 0.233 e. The molecule has 0 N–H and O–H groups in total. The fourth-order valence-electron chi connectivity index (χ4n) is 0.714. The molecule has 0 amide bonds. The van der Waals surface area contributed by atoms with E-state index in [2.05, 4.69) is 4.98 Å². The molecule has 0 radical (unpaired) electrons. The molecule has 0 aliphatic rings. The Morgan fingerprint density at radius 2 is 2.42 bits per heavy atom. The van der Waals surface area contributed by atoms with Gasteiger partial charge in [0.2, 0.25) is 12.5 Å². The van der Waals surface area contributed by atoms with E-state index in [0.717, 1.165) is 6.20 Å². The molecule has 0 aliphatic heterocycles. The van der Waals surface area contributed by atoms with Gasteiger partial charge in [-0.2, -0.15) is 4.39 Å². The summed E-state index contributed by atoms with van der Waals surface area (Å²) < 4.78 is 12.7. The maximum atomic E-state index is 12.7. The summed E-state index contributed by atoms with van der Waals surface area (Å²) in [7, 11) is 0. The third kappa shape index (κ3) is 2.13. The molecule has 4 nitrogen and oxygen atoms in total. The standard InChI is InChI=1S/C6H4ClFN2O2/c7-5-1-4(3-10(11)12)6(8)9-2-5/h1-2H,3H2. The van der Waals surface area contributed by atoms with E-state index in [1.54, 1.807) is 0 Å². The predicted molar refractivity (Wildman–Crippen MR) is 39.9 cm³/mol. The van der Waals surface area contributed by atoms with Gasteiger partial charge in [-0.1, -0.05) is 11.6 Å². The van der Waals surface area contributed by atoms with Crippen molar-refractivity contribution < 1.29 is 9.31 Å². The lowest BCUT2D eigenvalue weighted by Crippen LogP contribution is -2.02. The van der Waals surface area contributed by atoms with Crippen molar-refractivity contribution in [3.63, 3.8) is 0 Å². The summed E-state index contributed by atoms with van der Waals surface area (Å²) >= 11 is 5.45. The largest absolute Gasteiger partial charge is 0.264 e. The number of hydrogen-bond donors (Lipinski definition) is 0. The average Bonchev–Trinajstić information content (AvgIpc) is 1.96. The van der Waals surface area contributed by atoms with Crippen molar-refractivity contribution in [3.8, 4) is 0 Å². The highest BCUT2D eigenvalue weighted by atomic mass is 35.5. The second kappa shape index (κ2) is 3.44. The van der Waals surface area contributed by atoms with Gasteiger partial charge in [0.05, 0.1) is 10.6 Å². The molecule has 0 spiro atoms. The Balaban J connectivity index is 2.97. The van der Waals surface area contributed by atoms with Gasteiger partial charge >= 0.3 is 0 Å². The summed E-state index contributed by atoms with van der Waals surface area (Å²) in [5.41, 5.74) is -0.104. The van der Waals surface area contributed by atoms with E-state index >= 15 is 0 Å². The van der Waals surface area contributed by atoms with Gasteiger partial charge in [-0.15, -0.1) is 0 Å². The van der Waals surface area contributed by atoms with Crippen LogP contribution in [0.2, 0.25) is 5.02 Å². The van der Waals surface area contributed by atoms with Crippen LogP contribution in [-0.2, 0) is 6.54 Å². The van der Waals surface area contributed by atoms with E-state index in [0.29, 0.717) is 0 Å². The lowest BCUT2D eigenvalue weighted by atomic mass is 10.3. The predicted octanol–water partition coefficient (Wildman–Crippen LogP) is 1.65. The zero-order chi connectivity index (χ0) is 9.14. The topological polar surface area (TPSA) is 56.0 Å². The van der Waals surface area contributed by atoms with E-state index in [9.17, 15) is 14.5 Å². The molecule has 0 saturated heterocycles. The molecule has 12 heavy (non-hydrogen) atoms. The Kier molecular flexibility index (Phi) is 2.54. The first-order valence-corrected chi connectivity index (χ1v) is 3.39. The van der Waals surface area contributed by atoms with E-state index in [4.69, 9.17) is 11.6 Å². The molecular weight excluding hydrogens is 187 g/mol. The van der Waals surface area contributed by atoms with Crippen LogP contribution in [0.25, 0.3) is 0 Å². The van der Waals surface area contributed by atoms with Crippen LogP contribution in [0.4, 0.5) is 4.39 Å². The molecule has 0 saturated carbocycles.